The van der Waals surface area contributed by atoms with E-state index in [0.29, 0.717) is 23.8 Å². The number of nitrogens with zero attached hydrogens (tertiary/aromatic N) is 2. The van der Waals surface area contributed by atoms with Gasteiger partial charge in [-0.1, -0.05) is 60.7 Å². The zero-order valence-electron chi connectivity index (χ0n) is 18.7. The maximum atomic E-state index is 13.1. The normalized spacial score (nSPS) is 11.8. The third-order valence-corrected chi connectivity index (χ3v) is 8.51. The van der Waals surface area contributed by atoms with Crippen LogP contribution in [0.5, 0.6) is 0 Å². The van der Waals surface area contributed by atoms with Crippen LogP contribution in [0.25, 0.3) is 10.2 Å². The first-order chi connectivity index (χ1) is 15.8. The maximum Gasteiger partial charge on any atom is 0.257 e. The number of amides is 1. The Labute approximate surface area is 198 Å². The third-order valence-electron chi connectivity index (χ3n) is 5.47. The molecule has 0 bridgehead atoms. The van der Waals surface area contributed by atoms with Gasteiger partial charge in [0.1, 0.15) is 0 Å². The van der Waals surface area contributed by atoms with Crippen molar-refractivity contribution in [2.45, 2.75) is 32.2 Å². The second-order valence-electron chi connectivity index (χ2n) is 7.79. The zero-order chi connectivity index (χ0) is 23.6. The van der Waals surface area contributed by atoms with Gasteiger partial charge in [-0.3, -0.25) is 10.1 Å². The van der Waals surface area contributed by atoms with Crippen molar-refractivity contribution in [3.63, 3.8) is 0 Å². The Morgan fingerprint density at radius 1 is 0.970 bits per heavy atom. The summed E-state index contributed by atoms with van der Waals surface area (Å²) in [5, 5.41) is 3.35. The molecule has 0 aliphatic rings. The number of benzene rings is 3. The number of hydrogen-bond acceptors (Lipinski definition) is 5. The Morgan fingerprint density at radius 3 is 2.27 bits per heavy atom. The van der Waals surface area contributed by atoms with Crippen molar-refractivity contribution in [1.29, 1.82) is 0 Å². The van der Waals surface area contributed by atoms with Crippen LogP contribution in [-0.4, -0.2) is 30.2 Å². The van der Waals surface area contributed by atoms with Crippen molar-refractivity contribution >= 4 is 42.6 Å². The average Bonchev–Trinajstić information content (AvgIpc) is 3.25. The number of anilines is 1. The fourth-order valence-electron chi connectivity index (χ4n) is 3.56. The number of carbonyl (C=O) groups is 1. The van der Waals surface area contributed by atoms with Crippen LogP contribution >= 0.6 is 11.3 Å². The van der Waals surface area contributed by atoms with Gasteiger partial charge in [0.25, 0.3) is 5.91 Å². The summed E-state index contributed by atoms with van der Waals surface area (Å²) in [6.45, 7) is 6.45. The summed E-state index contributed by atoms with van der Waals surface area (Å²) in [5.41, 5.74) is 4.33. The van der Waals surface area contributed by atoms with Crippen LogP contribution in [0.4, 0.5) is 5.13 Å². The van der Waals surface area contributed by atoms with E-state index in [0.717, 1.165) is 26.9 Å². The minimum atomic E-state index is -3.69. The average molecular weight is 480 g/mol. The monoisotopic (exact) mass is 479 g/mol. The molecule has 33 heavy (non-hydrogen) atoms. The summed E-state index contributed by atoms with van der Waals surface area (Å²) >= 11 is 1.43. The molecule has 0 radical (unpaired) electrons. The molecule has 4 aromatic rings. The molecule has 0 saturated heterocycles. The number of sulfonamides is 1. The lowest BCUT2D eigenvalue weighted by atomic mass is 10.1. The topological polar surface area (TPSA) is 79.4 Å². The highest BCUT2D eigenvalue weighted by atomic mass is 32.2. The van der Waals surface area contributed by atoms with Crippen molar-refractivity contribution in [2.24, 2.45) is 0 Å². The van der Waals surface area contributed by atoms with E-state index in [-0.39, 0.29) is 10.8 Å². The van der Waals surface area contributed by atoms with Crippen molar-refractivity contribution in [1.82, 2.24) is 9.29 Å². The number of rotatable bonds is 7. The highest BCUT2D eigenvalue weighted by Gasteiger charge is 2.23. The second kappa shape index (κ2) is 9.43. The first kappa shape index (κ1) is 23.1. The molecule has 0 atom stereocenters. The molecule has 0 spiro atoms. The number of nitrogens with one attached hydrogen (secondary N) is 1. The van der Waals surface area contributed by atoms with Crippen LogP contribution in [0.1, 0.15) is 34.0 Å². The molecule has 0 saturated carbocycles. The zero-order valence-corrected chi connectivity index (χ0v) is 20.3. The van der Waals surface area contributed by atoms with E-state index in [1.807, 2.05) is 63.2 Å². The van der Waals surface area contributed by atoms with Gasteiger partial charge in [-0.05, 0) is 54.8 Å². The van der Waals surface area contributed by atoms with Crippen molar-refractivity contribution in [3.8, 4) is 0 Å². The van der Waals surface area contributed by atoms with Gasteiger partial charge in [0.2, 0.25) is 10.0 Å². The summed E-state index contributed by atoms with van der Waals surface area (Å²) < 4.78 is 28.7. The predicted molar refractivity (Wildman–Crippen MR) is 133 cm³/mol. The largest absolute Gasteiger partial charge is 0.298 e. The smallest absolute Gasteiger partial charge is 0.257 e. The first-order valence-corrected chi connectivity index (χ1v) is 12.9. The highest BCUT2D eigenvalue weighted by Crippen LogP contribution is 2.31. The molecule has 1 aromatic heterocycles. The van der Waals surface area contributed by atoms with Gasteiger partial charge in [0.15, 0.2) is 5.13 Å². The van der Waals surface area contributed by atoms with Gasteiger partial charge < -0.3 is 0 Å². The lowest BCUT2D eigenvalue weighted by molar-refractivity contribution is 0.102. The quantitative estimate of drug-likeness (QED) is 0.386. The minimum absolute atomic E-state index is 0.156. The molecule has 1 amide bonds. The van der Waals surface area contributed by atoms with E-state index in [9.17, 15) is 13.2 Å². The van der Waals surface area contributed by atoms with Crippen LogP contribution in [-0.2, 0) is 16.6 Å². The lowest BCUT2D eigenvalue weighted by Gasteiger charge is -2.20. The molecule has 8 heteroatoms. The Hall–Kier alpha value is -3.07. The number of aryl methyl sites for hydroxylation is 2. The summed E-state index contributed by atoms with van der Waals surface area (Å²) in [7, 11) is -3.69. The predicted octanol–water partition coefficient (Wildman–Crippen LogP) is 5.38. The molecule has 0 aliphatic heterocycles. The molecule has 0 unspecified atom stereocenters. The summed E-state index contributed by atoms with van der Waals surface area (Å²) in [6.07, 6.45) is 0. The Morgan fingerprint density at radius 2 is 1.64 bits per heavy atom. The van der Waals surface area contributed by atoms with Crippen molar-refractivity contribution in [2.75, 3.05) is 11.9 Å². The lowest BCUT2D eigenvalue weighted by Crippen LogP contribution is -2.30. The molecule has 0 fully saturated rings. The van der Waals surface area contributed by atoms with Gasteiger partial charge in [-0.15, -0.1) is 0 Å². The molecular weight excluding hydrogens is 454 g/mol. The second-order valence-corrected chi connectivity index (χ2v) is 10.7. The number of hydrogen-bond donors (Lipinski definition) is 1. The van der Waals surface area contributed by atoms with Crippen molar-refractivity contribution < 1.29 is 13.2 Å². The summed E-state index contributed by atoms with van der Waals surface area (Å²) in [5.74, 6) is -0.329. The number of aromatic nitrogens is 1. The van der Waals surface area contributed by atoms with E-state index in [4.69, 9.17) is 0 Å². The fourth-order valence-corrected chi connectivity index (χ4v) is 6.01. The van der Waals surface area contributed by atoms with Crippen LogP contribution in [0.3, 0.4) is 0 Å². The van der Waals surface area contributed by atoms with E-state index in [1.54, 1.807) is 0 Å². The SMILES string of the molecule is CCN(Cc1ccccc1)S(=O)(=O)c1ccc(C(=O)Nc2nc3c(C)ccc(C)c3s2)cc1. The van der Waals surface area contributed by atoms with Gasteiger partial charge in [0.05, 0.1) is 15.1 Å². The molecular formula is C25H25N3O3S2. The Bertz CT molecular complexity index is 1360. The van der Waals surface area contributed by atoms with Crippen molar-refractivity contribution in [3.05, 3.63) is 89.0 Å². The van der Waals surface area contributed by atoms with Crippen LogP contribution in [0.2, 0.25) is 0 Å². The highest BCUT2D eigenvalue weighted by molar-refractivity contribution is 7.89. The molecule has 4 rings (SSSR count). The molecule has 1 heterocycles. The van der Waals surface area contributed by atoms with Crippen LogP contribution < -0.4 is 5.32 Å². The molecule has 0 aliphatic carbocycles. The molecule has 1 N–H and O–H groups in total. The van der Waals surface area contributed by atoms with Gasteiger partial charge in [0, 0.05) is 18.7 Å². The Balaban J connectivity index is 1.52. The third kappa shape index (κ3) is 4.83. The molecule has 6 nitrogen and oxygen atoms in total. The van der Waals surface area contributed by atoms with E-state index < -0.39 is 10.0 Å². The molecule has 170 valence electrons. The van der Waals surface area contributed by atoms with Crippen LogP contribution in [0, 0.1) is 13.8 Å². The minimum Gasteiger partial charge on any atom is -0.298 e. The first-order valence-electron chi connectivity index (χ1n) is 10.6. The van der Waals surface area contributed by atoms with E-state index >= 15 is 0 Å². The Kier molecular flexibility index (Phi) is 6.60. The van der Waals surface area contributed by atoms with Gasteiger partial charge in [-0.2, -0.15) is 4.31 Å². The van der Waals surface area contributed by atoms with Crippen LogP contribution in [0.15, 0.2) is 71.6 Å². The number of carbonyl (C=O) groups excluding carboxylic acids is 1. The van der Waals surface area contributed by atoms with Gasteiger partial charge >= 0.3 is 0 Å². The number of fused-ring (bicyclic) bond motifs is 1. The fraction of sp³-hybridized carbons (Fsp3) is 0.200. The summed E-state index contributed by atoms with van der Waals surface area (Å²) in [6, 6.07) is 19.5. The molecule has 3 aromatic carbocycles. The summed E-state index contributed by atoms with van der Waals surface area (Å²) in [4.78, 5) is 17.5. The number of thiazole rings is 1. The van der Waals surface area contributed by atoms with E-state index in [2.05, 4.69) is 10.3 Å². The standard InChI is InChI=1S/C25H25N3O3S2/c1-4-28(16-19-8-6-5-7-9-19)33(30,31)21-14-12-20(13-15-21)24(29)27-25-26-22-17(2)10-11-18(3)23(22)32-25/h5-15H,4,16H2,1-3H3,(H,26,27,29). The van der Waals surface area contributed by atoms with E-state index in [1.165, 1.54) is 39.9 Å². The maximum absolute atomic E-state index is 13.1. The van der Waals surface area contributed by atoms with Gasteiger partial charge in [-0.25, -0.2) is 13.4 Å².